The molecule has 10 nitrogen and oxygen atoms in total. The highest BCUT2D eigenvalue weighted by molar-refractivity contribution is 7.89. The third-order valence-electron chi connectivity index (χ3n) is 7.15. The minimum absolute atomic E-state index is 0.00481. The predicted octanol–water partition coefficient (Wildman–Crippen LogP) is 2.59. The van der Waals surface area contributed by atoms with E-state index in [-0.39, 0.29) is 16.8 Å². The van der Waals surface area contributed by atoms with E-state index in [2.05, 4.69) is 4.72 Å². The van der Waals surface area contributed by atoms with E-state index in [1.807, 2.05) is 6.92 Å². The van der Waals surface area contributed by atoms with Gasteiger partial charge in [-0.1, -0.05) is 0 Å². The summed E-state index contributed by atoms with van der Waals surface area (Å²) in [6.07, 6.45) is 3.51. The van der Waals surface area contributed by atoms with Gasteiger partial charge in [-0.05, 0) is 83.9 Å². The molecule has 1 aliphatic heterocycles. The topological polar surface area (TPSA) is 120 Å². The summed E-state index contributed by atoms with van der Waals surface area (Å²) in [5.74, 6) is 0.360. The Hall–Kier alpha value is -2.66. The standard InChI is InChI=1S/C25H34N4O6S/c1-24(2,3)35-23(32)27-12-9-17(15-27)29-21(30)19-13-18(36(33,34)26-25(4)10-11-25)7-8-20(19)28(22(29)31)14-16-5-6-16/h7-8,13,16-17,26H,5-6,9-12,14-15H2,1-4H3. The van der Waals surface area contributed by atoms with Crippen molar-refractivity contribution in [1.29, 1.82) is 0 Å². The van der Waals surface area contributed by atoms with E-state index in [1.165, 1.54) is 21.6 Å². The van der Waals surface area contributed by atoms with Crippen LogP contribution >= 0.6 is 0 Å². The lowest BCUT2D eigenvalue weighted by Gasteiger charge is -2.24. The van der Waals surface area contributed by atoms with Gasteiger partial charge < -0.3 is 9.64 Å². The number of rotatable bonds is 6. The van der Waals surface area contributed by atoms with Gasteiger partial charge in [0.1, 0.15) is 5.60 Å². The lowest BCUT2D eigenvalue weighted by molar-refractivity contribution is 0.0288. The highest BCUT2D eigenvalue weighted by atomic mass is 32.2. The summed E-state index contributed by atoms with van der Waals surface area (Å²) in [4.78, 5) is 41.4. The molecule has 196 valence electrons. The molecule has 0 spiro atoms. The number of benzene rings is 1. The third-order valence-corrected chi connectivity index (χ3v) is 8.79. The number of hydrogen-bond donors (Lipinski definition) is 1. The van der Waals surface area contributed by atoms with Gasteiger partial charge in [0.2, 0.25) is 10.0 Å². The van der Waals surface area contributed by atoms with E-state index >= 15 is 0 Å². The highest BCUT2D eigenvalue weighted by Gasteiger charge is 2.41. The zero-order valence-electron chi connectivity index (χ0n) is 21.2. The zero-order valence-corrected chi connectivity index (χ0v) is 22.1. The van der Waals surface area contributed by atoms with Gasteiger partial charge in [0.05, 0.1) is 21.8 Å². The Labute approximate surface area is 210 Å². The van der Waals surface area contributed by atoms with E-state index in [0.717, 1.165) is 25.7 Å². The summed E-state index contributed by atoms with van der Waals surface area (Å²) in [6.45, 7) is 8.22. The van der Waals surface area contributed by atoms with Crippen LogP contribution in [-0.2, 0) is 21.3 Å². The molecule has 5 rings (SSSR count). The van der Waals surface area contributed by atoms with Crippen molar-refractivity contribution in [2.75, 3.05) is 13.1 Å². The lowest BCUT2D eigenvalue weighted by Crippen LogP contribution is -2.44. The maximum absolute atomic E-state index is 13.7. The van der Waals surface area contributed by atoms with Crippen molar-refractivity contribution in [2.24, 2.45) is 5.92 Å². The fraction of sp³-hybridized carbons (Fsp3) is 0.640. The Balaban J connectivity index is 1.56. The van der Waals surface area contributed by atoms with E-state index in [4.69, 9.17) is 4.74 Å². The molecule has 36 heavy (non-hydrogen) atoms. The van der Waals surface area contributed by atoms with Crippen LogP contribution in [0.1, 0.15) is 65.8 Å². The van der Waals surface area contributed by atoms with Crippen LogP contribution in [0.15, 0.2) is 32.7 Å². The fourth-order valence-electron chi connectivity index (χ4n) is 4.71. The van der Waals surface area contributed by atoms with Crippen molar-refractivity contribution in [3.63, 3.8) is 0 Å². The summed E-state index contributed by atoms with van der Waals surface area (Å²) in [5, 5.41) is 0.190. The molecule has 0 bridgehead atoms. The van der Waals surface area contributed by atoms with Gasteiger partial charge in [-0.25, -0.2) is 22.7 Å². The Kier molecular flexibility index (Phi) is 5.86. The summed E-state index contributed by atoms with van der Waals surface area (Å²) >= 11 is 0. The molecule has 1 unspecified atom stereocenters. The molecule has 0 radical (unpaired) electrons. The van der Waals surface area contributed by atoms with Crippen LogP contribution < -0.4 is 16.0 Å². The van der Waals surface area contributed by atoms with Gasteiger partial charge in [0.25, 0.3) is 5.56 Å². The van der Waals surface area contributed by atoms with E-state index in [1.54, 1.807) is 31.4 Å². The number of hydrogen-bond acceptors (Lipinski definition) is 6. The van der Waals surface area contributed by atoms with Crippen LogP contribution in [0, 0.1) is 5.92 Å². The Morgan fingerprint density at radius 2 is 1.86 bits per heavy atom. The molecular weight excluding hydrogens is 484 g/mol. The van der Waals surface area contributed by atoms with Crippen LogP contribution in [-0.4, -0.2) is 52.8 Å². The van der Waals surface area contributed by atoms with Crippen molar-refractivity contribution < 1.29 is 17.9 Å². The normalized spacial score (nSPS) is 21.7. The number of fused-ring (bicyclic) bond motifs is 1. The average Bonchev–Trinajstić information content (AvgIpc) is 3.68. The first-order valence-corrected chi connectivity index (χ1v) is 14.1. The summed E-state index contributed by atoms with van der Waals surface area (Å²) < 4.78 is 37.0. The van der Waals surface area contributed by atoms with Crippen LogP contribution in [0.2, 0.25) is 0 Å². The Bertz CT molecular complexity index is 1440. The minimum atomic E-state index is -3.82. The molecule has 2 heterocycles. The maximum Gasteiger partial charge on any atom is 0.410 e. The first-order chi connectivity index (χ1) is 16.8. The van der Waals surface area contributed by atoms with E-state index in [0.29, 0.717) is 30.9 Å². The molecule has 1 amide bonds. The number of amides is 1. The van der Waals surface area contributed by atoms with Crippen molar-refractivity contribution in [1.82, 2.24) is 18.8 Å². The third kappa shape index (κ3) is 4.95. The molecule has 1 aromatic heterocycles. The van der Waals surface area contributed by atoms with Crippen LogP contribution in [0.5, 0.6) is 0 Å². The van der Waals surface area contributed by atoms with E-state index < -0.39 is 44.5 Å². The molecule has 11 heteroatoms. The molecule has 1 N–H and O–H groups in total. The second-order valence-corrected chi connectivity index (χ2v) is 13.4. The first-order valence-electron chi connectivity index (χ1n) is 12.6. The molecule has 1 saturated heterocycles. The number of aromatic nitrogens is 2. The van der Waals surface area contributed by atoms with Gasteiger partial charge in [-0.15, -0.1) is 0 Å². The molecule has 1 aromatic carbocycles. The Morgan fingerprint density at radius 3 is 2.47 bits per heavy atom. The molecule has 2 aromatic rings. The molecule has 2 aliphatic carbocycles. The zero-order chi connectivity index (χ0) is 26.0. The second-order valence-electron chi connectivity index (χ2n) is 11.7. The number of sulfonamides is 1. The second kappa shape index (κ2) is 8.44. The molecule has 3 aliphatic rings. The molecule has 2 saturated carbocycles. The number of ether oxygens (including phenoxy) is 1. The van der Waals surface area contributed by atoms with Gasteiger partial charge >= 0.3 is 11.8 Å². The van der Waals surface area contributed by atoms with Crippen molar-refractivity contribution in [3.8, 4) is 0 Å². The van der Waals surface area contributed by atoms with Gasteiger partial charge in [-0.2, -0.15) is 0 Å². The maximum atomic E-state index is 13.7. The van der Waals surface area contributed by atoms with Gasteiger partial charge in [0, 0.05) is 25.2 Å². The lowest BCUT2D eigenvalue weighted by atomic mass is 10.2. The number of carbonyl (C=O) groups excluding carboxylic acids is 1. The van der Waals surface area contributed by atoms with Crippen LogP contribution in [0.3, 0.4) is 0 Å². The number of likely N-dealkylation sites (tertiary alicyclic amines) is 1. The van der Waals surface area contributed by atoms with Crippen molar-refractivity contribution in [2.45, 2.75) is 88.4 Å². The summed E-state index contributed by atoms with van der Waals surface area (Å²) in [7, 11) is -3.82. The van der Waals surface area contributed by atoms with Crippen LogP contribution in [0.4, 0.5) is 4.79 Å². The molecule has 1 atom stereocenters. The number of nitrogens with one attached hydrogen (secondary N) is 1. The minimum Gasteiger partial charge on any atom is -0.444 e. The quantitative estimate of drug-likeness (QED) is 0.628. The van der Waals surface area contributed by atoms with Gasteiger partial charge in [0.15, 0.2) is 0 Å². The van der Waals surface area contributed by atoms with Crippen molar-refractivity contribution >= 4 is 27.0 Å². The number of nitrogens with zero attached hydrogens (tertiary/aromatic N) is 3. The molecular formula is C25H34N4O6S. The first kappa shape index (κ1) is 25.0. The Morgan fingerprint density at radius 1 is 1.17 bits per heavy atom. The molecule has 3 fully saturated rings. The SMILES string of the molecule is CC1(NS(=O)(=O)c2ccc3c(c2)c(=O)n(C2CCN(C(=O)OC(C)(C)C)C2)c(=O)n3CC2CC2)CC1. The summed E-state index contributed by atoms with van der Waals surface area (Å²) in [6, 6.07) is 3.89. The van der Waals surface area contributed by atoms with Gasteiger partial charge in [-0.3, -0.25) is 13.9 Å². The average molecular weight is 519 g/mol. The van der Waals surface area contributed by atoms with Crippen LogP contribution in [0.25, 0.3) is 10.9 Å². The van der Waals surface area contributed by atoms with E-state index in [9.17, 15) is 22.8 Å². The number of carbonyl (C=O) groups is 1. The van der Waals surface area contributed by atoms with Crippen molar-refractivity contribution in [3.05, 3.63) is 39.0 Å². The summed E-state index contributed by atoms with van der Waals surface area (Å²) in [5.41, 5.74) is -1.62. The predicted molar refractivity (Wildman–Crippen MR) is 135 cm³/mol. The monoisotopic (exact) mass is 518 g/mol. The smallest absolute Gasteiger partial charge is 0.410 e. The largest absolute Gasteiger partial charge is 0.444 e. The fourth-order valence-corrected chi connectivity index (χ4v) is 6.20. The highest BCUT2D eigenvalue weighted by Crippen LogP contribution is 2.36.